The molecule has 0 bridgehead atoms. The zero-order valence-corrected chi connectivity index (χ0v) is 12.6. The maximum atomic E-state index is 12.0. The Balaban J connectivity index is 1.73. The van der Waals surface area contributed by atoms with Crippen LogP contribution in [-0.4, -0.2) is 40.5 Å². The third kappa shape index (κ3) is 2.73. The second-order valence-electron chi connectivity index (χ2n) is 5.02. The zero-order chi connectivity index (χ0) is 15.7. The highest BCUT2D eigenvalue weighted by atomic mass is 16.2. The van der Waals surface area contributed by atoms with Crippen molar-refractivity contribution >= 4 is 11.7 Å². The number of rotatable bonds is 4. The first-order chi connectivity index (χ1) is 10.5. The molecule has 0 aliphatic carbocycles. The van der Waals surface area contributed by atoms with Crippen molar-refractivity contribution in [3.63, 3.8) is 0 Å². The van der Waals surface area contributed by atoms with Gasteiger partial charge >= 0.3 is 0 Å². The maximum Gasteiger partial charge on any atom is 0.247 e. The molecule has 1 amide bonds. The van der Waals surface area contributed by atoms with Gasteiger partial charge in [-0.2, -0.15) is 10.2 Å². The molecule has 0 atom stereocenters. The molecule has 3 aromatic rings. The molecule has 9 heteroatoms. The fourth-order valence-corrected chi connectivity index (χ4v) is 2.20. The first kappa shape index (κ1) is 14.0. The predicted octanol–water partition coefficient (Wildman–Crippen LogP) is 0.359. The predicted molar refractivity (Wildman–Crippen MR) is 78.8 cm³/mol. The third-order valence-electron chi connectivity index (χ3n) is 3.18. The summed E-state index contributed by atoms with van der Waals surface area (Å²) in [5, 5.41) is 18.8. The topological polar surface area (TPSA) is 95.5 Å². The minimum absolute atomic E-state index is 0.106. The lowest BCUT2D eigenvalue weighted by Crippen LogP contribution is -2.19. The van der Waals surface area contributed by atoms with Crippen LogP contribution >= 0.6 is 0 Å². The summed E-state index contributed by atoms with van der Waals surface area (Å²) in [7, 11) is 3.59. The van der Waals surface area contributed by atoms with Crippen molar-refractivity contribution < 1.29 is 4.79 Å². The summed E-state index contributed by atoms with van der Waals surface area (Å²) >= 11 is 0. The molecule has 0 aliphatic rings. The smallest absolute Gasteiger partial charge is 0.247 e. The summed E-state index contributed by atoms with van der Waals surface area (Å²) < 4.78 is 4.87. The van der Waals surface area contributed by atoms with Crippen molar-refractivity contribution in [3.05, 3.63) is 30.2 Å². The van der Waals surface area contributed by atoms with Gasteiger partial charge < -0.3 is 5.32 Å². The Labute approximate surface area is 126 Å². The number of carbonyl (C=O) groups excluding carboxylic acids is 1. The molecule has 9 nitrogen and oxygen atoms in total. The van der Waals surface area contributed by atoms with E-state index >= 15 is 0 Å². The molecular formula is C13H16N8O. The SMILES string of the molecule is Cc1cn(CC(=O)Nc2cn(C)nn2)nc1-c1ccnn1C. The highest BCUT2D eigenvalue weighted by Crippen LogP contribution is 2.20. The molecule has 114 valence electrons. The standard InChI is InChI=1S/C13H16N8O/c1-9-6-21(17-13(9)10-4-5-14-20(10)3)8-12(22)15-11-7-19(2)18-16-11/h4-7H,8H2,1-3H3,(H,15,22). The lowest BCUT2D eigenvalue weighted by atomic mass is 10.2. The van der Waals surface area contributed by atoms with E-state index in [2.05, 4.69) is 25.8 Å². The Hall–Kier alpha value is -2.97. The summed E-state index contributed by atoms with van der Waals surface area (Å²) in [5.41, 5.74) is 2.70. The Bertz CT molecular complexity index is 812. The summed E-state index contributed by atoms with van der Waals surface area (Å²) in [6.45, 7) is 2.06. The van der Waals surface area contributed by atoms with Crippen LogP contribution in [0.5, 0.6) is 0 Å². The summed E-state index contributed by atoms with van der Waals surface area (Å²) in [6.07, 6.45) is 5.18. The molecule has 0 fully saturated rings. The van der Waals surface area contributed by atoms with Crippen LogP contribution in [0.15, 0.2) is 24.7 Å². The van der Waals surface area contributed by atoms with Gasteiger partial charge in [0.25, 0.3) is 0 Å². The van der Waals surface area contributed by atoms with E-state index in [-0.39, 0.29) is 12.5 Å². The molecule has 0 saturated heterocycles. The number of hydrogen-bond donors (Lipinski definition) is 1. The number of aromatic nitrogens is 7. The number of amides is 1. The van der Waals surface area contributed by atoms with Crippen LogP contribution in [0.2, 0.25) is 0 Å². The minimum Gasteiger partial charge on any atom is -0.306 e. The van der Waals surface area contributed by atoms with Crippen LogP contribution in [0.3, 0.4) is 0 Å². The highest BCUT2D eigenvalue weighted by Gasteiger charge is 2.13. The van der Waals surface area contributed by atoms with E-state index in [1.165, 1.54) is 4.68 Å². The highest BCUT2D eigenvalue weighted by molar-refractivity contribution is 5.89. The summed E-state index contributed by atoms with van der Waals surface area (Å²) in [6, 6.07) is 1.89. The van der Waals surface area contributed by atoms with Crippen molar-refractivity contribution in [3.8, 4) is 11.4 Å². The van der Waals surface area contributed by atoms with E-state index in [9.17, 15) is 4.79 Å². The number of anilines is 1. The normalized spacial score (nSPS) is 10.9. The van der Waals surface area contributed by atoms with Crippen LogP contribution in [-0.2, 0) is 25.4 Å². The van der Waals surface area contributed by atoms with E-state index in [0.29, 0.717) is 5.82 Å². The van der Waals surface area contributed by atoms with Gasteiger partial charge in [0.05, 0.1) is 11.9 Å². The van der Waals surface area contributed by atoms with Crippen molar-refractivity contribution in [2.45, 2.75) is 13.5 Å². The van der Waals surface area contributed by atoms with Crippen LogP contribution in [0.4, 0.5) is 5.82 Å². The van der Waals surface area contributed by atoms with Crippen molar-refractivity contribution in [1.29, 1.82) is 0 Å². The zero-order valence-electron chi connectivity index (χ0n) is 12.6. The molecule has 22 heavy (non-hydrogen) atoms. The van der Waals surface area contributed by atoms with E-state index in [1.807, 2.05) is 26.2 Å². The number of hydrogen-bond acceptors (Lipinski definition) is 5. The Morgan fingerprint density at radius 1 is 1.32 bits per heavy atom. The van der Waals surface area contributed by atoms with Crippen molar-refractivity contribution in [2.24, 2.45) is 14.1 Å². The van der Waals surface area contributed by atoms with Gasteiger partial charge in [-0.1, -0.05) is 5.21 Å². The molecule has 3 rings (SSSR count). The first-order valence-electron chi connectivity index (χ1n) is 6.71. The van der Waals surface area contributed by atoms with Crippen LogP contribution in [0.1, 0.15) is 5.56 Å². The van der Waals surface area contributed by atoms with E-state index in [0.717, 1.165) is 17.0 Å². The average molecular weight is 300 g/mol. The average Bonchev–Trinajstić information content (AvgIpc) is 3.12. The number of carbonyl (C=O) groups is 1. The summed E-state index contributed by atoms with van der Waals surface area (Å²) in [4.78, 5) is 12.0. The van der Waals surface area contributed by atoms with Gasteiger partial charge in [-0.05, 0) is 18.6 Å². The lowest BCUT2D eigenvalue weighted by molar-refractivity contribution is -0.116. The molecule has 0 aliphatic heterocycles. The van der Waals surface area contributed by atoms with Gasteiger partial charge in [0, 0.05) is 26.5 Å². The largest absolute Gasteiger partial charge is 0.306 e. The molecule has 0 radical (unpaired) electrons. The molecule has 0 unspecified atom stereocenters. The van der Waals surface area contributed by atoms with Gasteiger partial charge in [-0.3, -0.25) is 18.8 Å². The van der Waals surface area contributed by atoms with Gasteiger partial charge in [0.15, 0.2) is 5.82 Å². The van der Waals surface area contributed by atoms with Gasteiger partial charge in [0.1, 0.15) is 12.2 Å². The monoisotopic (exact) mass is 300 g/mol. The minimum atomic E-state index is -0.209. The molecule has 3 heterocycles. The second kappa shape index (κ2) is 5.43. The third-order valence-corrected chi connectivity index (χ3v) is 3.18. The fourth-order valence-electron chi connectivity index (χ4n) is 2.20. The quantitative estimate of drug-likeness (QED) is 0.750. The van der Waals surface area contributed by atoms with Gasteiger partial charge in [-0.25, -0.2) is 0 Å². The molecule has 0 saturated carbocycles. The molecular weight excluding hydrogens is 284 g/mol. The van der Waals surface area contributed by atoms with Crippen molar-refractivity contribution in [1.82, 2.24) is 34.6 Å². The van der Waals surface area contributed by atoms with E-state index < -0.39 is 0 Å². The molecule has 3 aromatic heterocycles. The Kier molecular flexibility index (Phi) is 3.45. The van der Waals surface area contributed by atoms with E-state index in [1.54, 1.807) is 28.8 Å². The second-order valence-corrected chi connectivity index (χ2v) is 5.02. The molecule has 0 aromatic carbocycles. The van der Waals surface area contributed by atoms with Crippen LogP contribution in [0, 0.1) is 6.92 Å². The summed E-state index contributed by atoms with van der Waals surface area (Å²) in [5.74, 6) is 0.211. The van der Waals surface area contributed by atoms with Gasteiger partial charge in [0.2, 0.25) is 5.91 Å². The number of nitrogens with one attached hydrogen (secondary N) is 1. The molecule has 0 spiro atoms. The fraction of sp³-hybridized carbons (Fsp3) is 0.308. The maximum absolute atomic E-state index is 12.0. The molecule has 1 N–H and O–H groups in total. The lowest BCUT2D eigenvalue weighted by Gasteiger charge is -2.02. The van der Waals surface area contributed by atoms with Gasteiger partial charge in [-0.15, -0.1) is 5.10 Å². The first-order valence-corrected chi connectivity index (χ1v) is 6.71. The number of aryl methyl sites for hydroxylation is 3. The Morgan fingerprint density at radius 2 is 2.14 bits per heavy atom. The van der Waals surface area contributed by atoms with Crippen molar-refractivity contribution in [2.75, 3.05) is 5.32 Å². The van der Waals surface area contributed by atoms with E-state index in [4.69, 9.17) is 0 Å². The van der Waals surface area contributed by atoms with Crippen LogP contribution in [0.25, 0.3) is 11.4 Å². The Morgan fingerprint density at radius 3 is 2.77 bits per heavy atom. The number of nitrogens with zero attached hydrogens (tertiary/aromatic N) is 7. The van der Waals surface area contributed by atoms with Crippen LogP contribution < -0.4 is 5.32 Å².